The molecule has 1 radical (unpaired) electrons. The molecule has 0 aliphatic carbocycles. The molecule has 1 saturated heterocycles. The summed E-state index contributed by atoms with van der Waals surface area (Å²) >= 11 is 0. The summed E-state index contributed by atoms with van der Waals surface area (Å²) in [6.45, 7) is 6.80. The number of halogens is 3. The molecule has 0 saturated carbocycles. The Morgan fingerprint density at radius 2 is 1.91 bits per heavy atom. The standard InChI is InChI=1S/C26H29F3N3O/c1-17(2)10-11-19-8-6-9-20(15-19)24-30-25(33-31-24)21-12-13-23(22(16-21)26(27,28)29)32-14-5-4-7-18(32)3/h6,8-9,12-13,15-16,18H,4-5,7,10-11,14H2,1-3H3. The average molecular weight is 457 g/mol. The van der Waals surface area contributed by atoms with Crippen LogP contribution in [0, 0.1) is 5.92 Å². The molecule has 1 fully saturated rings. The molecule has 3 aromatic rings. The van der Waals surface area contributed by atoms with Crippen molar-refractivity contribution in [3.05, 3.63) is 59.5 Å². The molecule has 0 amide bonds. The second kappa shape index (κ2) is 9.57. The molecule has 1 unspecified atom stereocenters. The van der Waals surface area contributed by atoms with Crippen molar-refractivity contribution in [3.8, 4) is 22.8 Å². The van der Waals surface area contributed by atoms with E-state index in [1.54, 1.807) is 6.07 Å². The van der Waals surface area contributed by atoms with Gasteiger partial charge in [-0.1, -0.05) is 37.2 Å². The number of rotatable bonds is 6. The minimum Gasteiger partial charge on any atom is -0.368 e. The first-order valence-electron chi connectivity index (χ1n) is 11.4. The van der Waals surface area contributed by atoms with Crippen LogP contribution in [0.4, 0.5) is 18.9 Å². The van der Waals surface area contributed by atoms with Gasteiger partial charge in [-0.25, -0.2) is 0 Å². The third kappa shape index (κ3) is 5.40. The van der Waals surface area contributed by atoms with E-state index in [0.29, 0.717) is 12.4 Å². The molecule has 33 heavy (non-hydrogen) atoms. The Labute approximate surface area is 192 Å². The molecule has 2 heterocycles. The van der Waals surface area contributed by atoms with Gasteiger partial charge in [0.15, 0.2) is 0 Å². The molecular weight excluding hydrogens is 427 g/mol. The van der Waals surface area contributed by atoms with Gasteiger partial charge in [-0.2, -0.15) is 18.2 Å². The lowest BCUT2D eigenvalue weighted by molar-refractivity contribution is -0.137. The van der Waals surface area contributed by atoms with Gasteiger partial charge in [0.05, 0.1) is 5.56 Å². The lowest BCUT2D eigenvalue weighted by Gasteiger charge is -2.37. The molecule has 1 atom stereocenters. The molecule has 0 bridgehead atoms. The van der Waals surface area contributed by atoms with E-state index in [1.807, 2.05) is 36.1 Å². The molecule has 1 aromatic heterocycles. The molecule has 0 spiro atoms. The highest BCUT2D eigenvalue weighted by molar-refractivity contribution is 5.67. The molecule has 4 rings (SSSR count). The number of aryl methyl sites for hydroxylation is 1. The predicted octanol–water partition coefficient (Wildman–Crippen LogP) is 7.35. The van der Waals surface area contributed by atoms with Crippen molar-refractivity contribution in [2.45, 2.75) is 65.1 Å². The number of aromatic nitrogens is 2. The van der Waals surface area contributed by atoms with E-state index in [1.165, 1.54) is 12.0 Å². The van der Waals surface area contributed by atoms with E-state index in [9.17, 15) is 13.2 Å². The molecular formula is C26H29F3N3O. The van der Waals surface area contributed by atoms with Crippen LogP contribution in [0.2, 0.25) is 0 Å². The van der Waals surface area contributed by atoms with Crippen LogP contribution in [0.25, 0.3) is 22.8 Å². The van der Waals surface area contributed by atoms with E-state index in [-0.39, 0.29) is 23.2 Å². The Bertz CT molecular complexity index is 1090. The Kier molecular flexibility index (Phi) is 6.77. The largest absolute Gasteiger partial charge is 0.418 e. The predicted molar refractivity (Wildman–Crippen MR) is 124 cm³/mol. The van der Waals surface area contributed by atoms with Gasteiger partial charge in [-0.3, -0.25) is 0 Å². The number of piperidine rings is 1. The zero-order valence-corrected chi connectivity index (χ0v) is 19.2. The van der Waals surface area contributed by atoms with Crippen molar-refractivity contribution < 1.29 is 17.7 Å². The van der Waals surface area contributed by atoms with Crippen molar-refractivity contribution in [1.82, 2.24) is 10.1 Å². The monoisotopic (exact) mass is 456 g/mol. The van der Waals surface area contributed by atoms with Gasteiger partial charge in [0.2, 0.25) is 5.82 Å². The fourth-order valence-electron chi connectivity index (χ4n) is 4.32. The summed E-state index contributed by atoms with van der Waals surface area (Å²) in [5.41, 5.74) is 1.75. The van der Waals surface area contributed by atoms with E-state index in [2.05, 4.69) is 24.0 Å². The summed E-state index contributed by atoms with van der Waals surface area (Å²) < 4.78 is 47.3. The number of benzene rings is 2. The molecule has 175 valence electrons. The first-order chi connectivity index (χ1) is 15.7. The van der Waals surface area contributed by atoms with Crippen LogP contribution in [-0.2, 0) is 12.6 Å². The van der Waals surface area contributed by atoms with Crippen LogP contribution >= 0.6 is 0 Å². The molecule has 1 aliphatic heterocycles. The van der Waals surface area contributed by atoms with Crippen LogP contribution in [0.3, 0.4) is 0 Å². The highest BCUT2D eigenvalue weighted by atomic mass is 19.4. The molecule has 0 N–H and O–H groups in total. The van der Waals surface area contributed by atoms with Crippen LogP contribution in [0.15, 0.2) is 47.0 Å². The van der Waals surface area contributed by atoms with E-state index in [0.717, 1.165) is 49.3 Å². The third-order valence-corrected chi connectivity index (χ3v) is 6.19. The Balaban J connectivity index is 1.64. The molecule has 1 aliphatic rings. The topological polar surface area (TPSA) is 42.2 Å². The van der Waals surface area contributed by atoms with Crippen LogP contribution in [-0.4, -0.2) is 22.7 Å². The van der Waals surface area contributed by atoms with E-state index >= 15 is 0 Å². The molecule has 7 heteroatoms. The van der Waals surface area contributed by atoms with Gasteiger partial charge in [-0.05, 0) is 74.8 Å². The number of nitrogens with zero attached hydrogens (tertiary/aromatic N) is 3. The Morgan fingerprint density at radius 1 is 1.09 bits per heavy atom. The summed E-state index contributed by atoms with van der Waals surface area (Å²) in [6.07, 6.45) is 0.245. The van der Waals surface area contributed by atoms with E-state index < -0.39 is 11.7 Å². The molecule has 4 nitrogen and oxygen atoms in total. The van der Waals surface area contributed by atoms with Gasteiger partial charge in [0, 0.05) is 29.4 Å². The van der Waals surface area contributed by atoms with Crippen LogP contribution in [0.5, 0.6) is 0 Å². The summed E-state index contributed by atoms with van der Waals surface area (Å²) in [5, 5.41) is 4.03. The van der Waals surface area contributed by atoms with Crippen molar-refractivity contribution in [2.75, 3.05) is 11.4 Å². The highest BCUT2D eigenvalue weighted by Gasteiger charge is 2.37. The van der Waals surface area contributed by atoms with Crippen molar-refractivity contribution >= 4 is 5.69 Å². The number of hydrogen-bond acceptors (Lipinski definition) is 4. The van der Waals surface area contributed by atoms with Crippen molar-refractivity contribution in [1.29, 1.82) is 0 Å². The molecule has 2 aromatic carbocycles. The first-order valence-corrected chi connectivity index (χ1v) is 11.4. The fraction of sp³-hybridized carbons (Fsp3) is 0.423. The van der Waals surface area contributed by atoms with Gasteiger partial charge < -0.3 is 9.42 Å². The normalized spacial score (nSPS) is 17.1. The Morgan fingerprint density at radius 3 is 2.64 bits per heavy atom. The van der Waals surface area contributed by atoms with Gasteiger partial charge in [-0.15, -0.1) is 0 Å². The lowest BCUT2D eigenvalue weighted by Crippen LogP contribution is -2.38. The van der Waals surface area contributed by atoms with Crippen molar-refractivity contribution in [3.63, 3.8) is 0 Å². The minimum atomic E-state index is -4.48. The third-order valence-electron chi connectivity index (χ3n) is 6.19. The number of hydrogen-bond donors (Lipinski definition) is 0. The fourth-order valence-corrected chi connectivity index (χ4v) is 4.32. The maximum Gasteiger partial charge on any atom is 0.418 e. The second-order valence-corrected chi connectivity index (χ2v) is 9.10. The quantitative estimate of drug-likeness (QED) is 0.389. The summed E-state index contributed by atoms with van der Waals surface area (Å²) in [5.74, 6) is 1.80. The SMILES string of the molecule is C[C](C)CCc1cccc(-c2noc(-c3ccc(N4CCCCC4C)c(C(F)(F)F)c3)n2)c1. The highest BCUT2D eigenvalue weighted by Crippen LogP contribution is 2.41. The van der Waals surface area contributed by atoms with Gasteiger partial charge >= 0.3 is 6.18 Å². The Hall–Kier alpha value is -2.83. The maximum absolute atomic E-state index is 14.0. The van der Waals surface area contributed by atoms with Gasteiger partial charge in [0.1, 0.15) is 0 Å². The van der Waals surface area contributed by atoms with Crippen LogP contribution < -0.4 is 4.90 Å². The van der Waals surface area contributed by atoms with Crippen molar-refractivity contribution in [2.24, 2.45) is 0 Å². The second-order valence-electron chi connectivity index (χ2n) is 9.10. The lowest BCUT2D eigenvalue weighted by atomic mass is 9.99. The smallest absolute Gasteiger partial charge is 0.368 e. The first kappa shape index (κ1) is 23.3. The summed E-state index contributed by atoms with van der Waals surface area (Å²) in [6, 6.07) is 12.2. The van der Waals surface area contributed by atoms with Crippen LogP contribution in [0.1, 0.15) is 57.6 Å². The number of alkyl halides is 3. The maximum atomic E-state index is 14.0. The van der Waals surface area contributed by atoms with E-state index in [4.69, 9.17) is 4.52 Å². The summed E-state index contributed by atoms with van der Waals surface area (Å²) in [7, 11) is 0. The summed E-state index contributed by atoms with van der Waals surface area (Å²) in [4.78, 5) is 6.26. The zero-order chi connectivity index (χ0) is 23.6. The van der Waals surface area contributed by atoms with Gasteiger partial charge in [0.25, 0.3) is 5.89 Å². The number of anilines is 1. The zero-order valence-electron chi connectivity index (χ0n) is 19.2. The average Bonchev–Trinajstić information content (AvgIpc) is 3.28. The minimum absolute atomic E-state index is 0.0714.